The number of halogens is 2. The Bertz CT molecular complexity index is 410. The number of nitrogens with one attached hydrogen (secondary N) is 2. The van der Waals surface area contributed by atoms with Crippen molar-refractivity contribution in [1.29, 1.82) is 0 Å². The van der Waals surface area contributed by atoms with Crippen molar-refractivity contribution in [2.75, 3.05) is 13.1 Å². The quantitative estimate of drug-likeness (QED) is 0.818. The standard InChI is InChI=1S/C13H18F2N2O/c1-3-16-12(18)7-8-17-9(2)10-5-4-6-11(14)13(10)15/h4-6,9,17H,3,7-8H2,1-2H3,(H,16,18). The van der Waals surface area contributed by atoms with Crippen molar-refractivity contribution >= 4 is 5.91 Å². The largest absolute Gasteiger partial charge is 0.356 e. The normalized spacial score (nSPS) is 12.2. The van der Waals surface area contributed by atoms with Crippen LogP contribution in [0.5, 0.6) is 0 Å². The number of carbonyl (C=O) groups is 1. The van der Waals surface area contributed by atoms with Crippen LogP contribution in [0.4, 0.5) is 8.78 Å². The lowest BCUT2D eigenvalue weighted by Crippen LogP contribution is -2.28. The minimum absolute atomic E-state index is 0.0584. The van der Waals surface area contributed by atoms with Gasteiger partial charge in [0.15, 0.2) is 11.6 Å². The second kappa shape index (κ2) is 7.06. The molecule has 0 aliphatic heterocycles. The molecule has 1 rings (SSSR count). The molecule has 18 heavy (non-hydrogen) atoms. The van der Waals surface area contributed by atoms with Crippen LogP contribution in [0.25, 0.3) is 0 Å². The highest BCUT2D eigenvalue weighted by atomic mass is 19.2. The lowest BCUT2D eigenvalue weighted by Gasteiger charge is -2.15. The zero-order chi connectivity index (χ0) is 13.5. The zero-order valence-electron chi connectivity index (χ0n) is 10.6. The van der Waals surface area contributed by atoms with Gasteiger partial charge in [-0.3, -0.25) is 4.79 Å². The van der Waals surface area contributed by atoms with E-state index in [0.29, 0.717) is 19.5 Å². The van der Waals surface area contributed by atoms with Crippen LogP contribution in [0.15, 0.2) is 18.2 Å². The second-order valence-electron chi connectivity index (χ2n) is 4.02. The average Bonchev–Trinajstić information content (AvgIpc) is 2.33. The van der Waals surface area contributed by atoms with Crippen molar-refractivity contribution in [2.45, 2.75) is 26.3 Å². The molecule has 0 aliphatic carbocycles. The Morgan fingerprint density at radius 1 is 1.39 bits per heavy atom. The summed E-state index contributed by atoms with van der Waals surface area (Å²) in [5.74, 6) is -1.75. The highest BCUT2D eigenvalue weighted by Crippen LogP contribution is 2.18. The number of hydrogen-bond donors (Lipinski definition) is 2. The molecule has 100 valence electrons. The van der Waals surface area contributed by atoms with Crippen molar-refractivity contribution in [3.8, 4) is 0 Å². The van der Waals surface area contributed by atoms with Gasteiger partial charge < -0.3 is 10.6 Å². The Balaban J connectivity index is 2.48. The third-order valence-electron chi connectivity index (χ3n) is 2.62. The predicted molar refractivity (Wildman–Crippen MR) is 66.1 cm³/mol. The molecule has 2 N–H and O–H groups in total. The Morgan fingerprint density at radius 3 is 2.78 bits per heavy atom. The molecule has 0 spiro atoms. The fraction of sp³-hybridized carbons (Fsp3) is 0.462. The SMILES string of the molecule is CCNC(=O)CCNC(C)c1cccc(F)c1F. The van der Waals surface area contributed by atoms with Gasteiger partial charge in [0.1, 0.15) is 0 Å². The number of hydrogen-bond acceptors (Lipinski definition) is 2. The van der Waals surface area contributed by atoms with Crippen LogP contribution >= 0.6 is 0 Å². The predicted octanol–water partition coefficient (Wildman–Crippen LogP) is 2.14. The third kappa shape index (κ3) is 4.07. The van der Waals surface area contributed by atoms with Gasteiger partial charge in [0.05, 0.1) is 0 Å². The highest BCUT2D eigenvalue weighted by Gasteiger charge is 2.13. The molecule has 0 aromatic heterocycles. The first-order valence-electron chi connectivity index (χ1n) is 6.00. The van der Waals surface area contributed by atoms with Gasteiger partial charge in [-0.2, -0.15) is 0 Å². The van der Waals surface area contributed by atoms with E-state index >= 15 is 0 Å². The summed E-state index contributed by atoms with van der Waals surface area (Å²) >= 11 is 0. The summed E-state index contributed by atoms with van der Waals surface area (Å²) < 4.78 is 26.5. The summed E-state index contributed by atoms with van der Waals surface area (Å²) in [5.41, 5.74) is 0.269. The zero-order valence-corrected chi connectivity index (χ0v) is 10.6. The number of carbonyl (C=O) groups excluding carboxylic acids is 1. The van der Waals surface area contributed by atoms with Crippen LogP contribution in [0, 0.1) is 11.6 Å². The Morgan fingerprint density at radius 2 is 2.11 bits per heavy atom. The van der Waals surface area contributed by atoms with Crippen LogP contribution in [-0.2, 0) is 4.79 Å². The molecule has 1 atom stereocenters. The molecule has 1 aromatic rings. The maximum absolute atomic E-state index is 13.5. The molecule has 0 saturated heterocycles. The van der Waals surface area contributed by atoms with E-state index in [1.807, 2.05) is 6.92 Å². The van der Waals surface area contributed by atoms with Crippen LogP contribution in [0.3, 0.4) is 0 Å². The molecule has 0 bridgehead atoms. The van der Waals surface area contributed by atoms with Gasteiger partial charge in [0.25, 0.3) is 0 Å². The summed E-state index contributed by atoms with van der Waals surface area (Å²) in [4.78, 5) is 11.2. The summed E-state index contributed by atoms with van der Waals surface area (Å²) in [6, 6.07) is 3.74. The van der Waals surface area contributed by atoms with Crippen molar-refractivity contribution in [3.05, 3.63) is 35.4 Å². The summed E-state index contributed by atoms with van der Waals surface area (Å²) in [7, 11) is 0. The molecule has 1 amide bonds. The van der Waals surface area contributed by atoms with E-state index in [2.05, 4.69) is 10.6 Å². The van der Waals surface area contributed by atoms with E-state index in [0.717, 1.165) is 6.07 Å². The topological polar surface area (TPSA) is 41.1 Å². The first-order chi connectivity index (χ1) is 8.56. The first-order valence-corrected chi connectivity index (χ1v) is 6.00. The Kier molecular flexibility index (Phi) is 5.71. The van der Waals surface area contributed by atoms with Gasteiger partial charge in [-0.1, -0.05) is 12.1 Å². The van der Waals surface area contributed by atoms with Crippen LogP contribution in [0.1, 0.15) is 31.9 Å². The van der Waals surface area contributed by atoms with Crippen LogP contribution < -0.4 is 10.6 Å². The fourth-order valence-electron chi connectivity index (χ4n) is 1.65. The summed E-state index contributed by atoms with van der Waals surface area (Å²) in [5, 5.41) is 5.66. The minimum atomic E-state index is -0.857. The lowest BCUT2D eigenvalue weighted by atomic mass is 10.1. The van der Waals surface area contributed by atoms with E-state index in [1.54, 1.807) is 6.92 Å². The highest BCUT2D eigenvalue weighted by molar-refractivity contribution is 5.75. The molecule has 0 aliphatic rings. The van der Waals surface area contributed by atoms with Gasteiger partial charge >= 0.3 is 0 Å². The molecule has 1 unspecified atom stereocenters. The smallest absolute Gasteiger partial charge is 0.221 e. The molecular formula is C13H18F2N2O. The fourth-order valence-corrected chi connectivity index (χ4v) is 1.65. The molecule has 1 aromatic carbocycles. The molecule has 0 saturated carbocycles. The van der Waals surface area contributed by atoms with Gasteiger partial charge in [-0.05, 0) is 19.9 Å². The number of benzene rings is 1. The summed E-state index contributed by atoms with van der Waals surface area (Å²) in [6.45, 7) is 4.58. The average molecular weight is 256 g/mol. The van der Waals surface area contributed by atoms with E-state index in [4.69, 9.17) is 0 Å². The van der Waals surface area contributed by atoms with E-state index in [1.165, 1.54) is 12.1 Å². The van der Waals surface area contributed by atoms with Crippen molar-refractivity contribution in [3.63, 3.8) is 0 Å². The molecule has 0 fully saturated rings. The Labute approximate surface area is 106 Å². The van der Waals surface area contributed by atoms with Crippen LogP contribution in [-0.4, -0.2) is 19.0 Å². The van der Waals surface area contributed by atoms with Gasteiger partial charge in [-0.25, -0.2) is 8.78 Å². The molecule has 3 nitrogen and oxygen atoms in total. The van der Waals surface area contributed by atoms with Crippen molar-refractivity contribution in [1.82, 2.24) is 10.6 Å². The van der Waals surface area contributed by atoms with Gasteiger partial charge in [0.2, 0.25) is 5.91 Å². The van der Waals surface area contributed by atoms with E-state index < -0.39 is 11.6 Å². The second-order valence-corrected chi connectivity index (χ2v) is 4.02. The Hall–Kier alpha value is -1.49. The minimum Gasteiger partial charge on any atom is -0.356 e. The maximum atomic E-state index is 13.5. The number of rotatable bonds is 6. The lowest BCUT2D eigenvalue weighted by molar-refractivity contribution is -0.120. The molecular weight excluding hydrogens is 238 g/mol. The van der Waals surface area contributed by atoms with Crippen LogP contribution in [0.2, 0.25) is 0 Å². The summed E-state index contributed by atoms with van der Waals surface area (Å²) in [6.07, 6.45) is 0.315. The van der Waals surface area contributed by atoms with Gasteiger partial charge in [-0.15, -0.1) is 0 Å². The van der Waals surface area contributed by atoms with Crippen molar-refractivity contribution < 1.29 is 13.6 Å². The van der Waals surface area contributed by atoms with Gasteiger partial charge in [0, 0.05) is 31.1 Å². The number of amides is 1. The molecule has 5 heteroatoms. The third-order valence-corrected chi connectivity index (χ3v) is 2.62. The first kappa shape index (κ1) is 14.6. The van der Waals surface area contributed by atoms with E-state index in [9.17, 15) is 13.6 Å². The van der Waals surface area contributed by atoms with E-state index in [-0.39, 0.29) is 17.5 Å². The molecule has 0 heterocycles. The molecule has 0 radical (unpaired) electrons. The maximum Gasteiger partial charge on any atom is 0.221 e. The monoisotopic (exact) mass is 256 g/mol. The van der Waals surface area contributed by atoms with Crippen molar-refractivity contribution in [2.24, 2.45) is 0 Å².